The zero-order chi connectivity index (χ0) is 16.2. The van der Waals surface area contributed by atoms with E-state index in [1.807, 2.05) is 11.9 Å². The van der Waals surface area contributed by atoms with Gasteiger partial charge in [0.05, 0.1) is 6.54 Å². The number of thiazole rings is 1. The standard InChI is InChI=1S/C13H23N5O2S/c1-6-7-17(4)13-15-11(14)10(21-13)12(20)18(5)8-9(19)16(2)3/h6-8,14H2,1-5H3. The molecular formula is C13H23N5O2S. The topological polar surface area (TPSA) is 82.8 Å². The van der Waals surface area contributed by atoms with Crippen LogP contribution < -0.4 is 10.6 Å². The van der Waals surface area contributed by atoms with E-state index in [1.165, 1.54) is 21.1 Å². The summed E-state index contributed by atoms with van der Waals surface area (Å²) in [6.45, 7) is 2.93. The van der Waals surface area contributed by atoms with Gasteiger partial charge in [-0.05, 0) is 6.42 Å². The molecule has 1 aromatic rings. The highest BCUT2D eigenvalue weighted by molar-refractivity contribution is 7.18. The van der Waals surface area contributed by atoms with Crippen molar-refractivity contribution in [2.75, 3.05) is 51.9 Å². The minimum atomic E-state index is -0.281. The maximum Gasteiger partial charge on any atom is 0.268 e. The molecule has 1 rings (SSSR count). The summed E-state index contributed by atoms with van der Waals surface area (Å²) in [5.41, 5.74) is 5.83. The van der Waals surface area contributed by atoms with Crippen LogP contribution in [0.15, 0.2) is 0 Å². The number of nitrogens with two attached hydrogens (primary N) is 1. The molecule has 0 bridgehead atoms. The molecule has 0 radical (unpaired) electrons. The number of carbonyl (C=O) groups excluding carboxylic acids is 2. The molecule has 0 aromatic carbocycles. The number of likely N-dealkylation sites (N-methyl/N-ethyl adjacent to an activating group) is 2. The largest absolute Gasteiger partial charge is 0.382 e. The molecule has 0 saturated carbocycles. The Morgan fingerprint density at radius 3 is 2.38 bits per heavy atom. The third-order valence-corrected chi connectivity index (χ3v) is 4.11. The lowest BCUT2D eigenvalue weighted by Gasteiger charge is -2.18. The van der Waals surface area contributed by atoms with Crippen molar-refractivity contribution in [3.05, 3.63) is 4.88 Å². The highest BCUT2D eigenvalue weighted by Crippen LogP contribution is 2.28. The number of carbonyl (C=O) groups is 2. The molecular weight excluding hydrogens is 290 g/mol. The first kappa shape index (κ1) is 17.2. The number of hydrogen-bond donors (Lipinski definition) is 1. The summed E-state index contributed by atoms with van der Waals surface area (Å²) >= 11 is 1.25. The molecule has 0 aliphatic rings. The first-order valence-corrected chi connectivity index (χ1v) is 7.52. The van der Waals surface area contributed by atoms with Crippen molar-refractivity contribution in [1.29, 1.82) is 0 Å². The second kappa shape index (κ2) is 7.26. The van der Waals surface area contributed by atoms with Crippen LogP contribution in [0.1, 0.15) is 23.0 Å². The third kappa shape index (κ3) is 4.32. The molecule has 0 aliphatic carbocycles. The fourth-order valence-corrected chi connectivity index (χ4v) is 2.62. The van der Waals surface area contributed by atoms with Gasteiger partial charge in [0.2, 0.25) is 5.91 Å². The molecule has 8 heteroatoms. The monoisotopic (exact) mass is 313 g/mol. The highest BCUT2D eigenvalue weighted by Gasteiger charge is 2.22. The van der Waals surface area contributed by atoms with Crippen LogP contribution in [0, 0.1) is 0 Å². The van der Waals surface area contributed by atoms with E-state index in [2.05, 4.69) is 11.9 Å². The van der Waals surface area contributed by atoms with Gasteiger partial charge in [0.15, 0.2) is 5.13 Å². The summed E-state index contributed by atoms with van der Waals surface area (Å²) in [7, 11) is 6.80. The molecule has 1 heterocycles. The molecule has 21 heavy (non-hydrogen) atoms. The Hall–Kier alpha value is -1.83. The maximum atomic E-state index is 12.3. The number of rotatable bonds is 6. The normalized spacial score (nSPS) is 10.3. The van der Waals surface area contributed by atoms with Crippen molar-refractivity contribution in [3.63, 3.8) is 0 Å². The van der Waals surface area contributed by atoms with Crippen LogP contribution in [0.5, 0.6) is 0 Å². The Balaban J connectivity index is 2.85. The molecule has 0 spiro atoms. The molecule has 0 unspecified atom stereocenters. The second-order valence-corrected chi connectivity index (χ2v) is 6.06. The summed E-state index contributed by atoms with van der Waals surface area (Å²) in [6.07, 6.45) is 0.983. The number of nitrogen functional groups attached to an aromatic ring is 1. The summed E-state index contributed by atoms with van der Waals surface area (Å²) in [5, 5.41) is 0.713. The number of nitrogens with zero attached hydrogens (tertiary/aromatic N) is 4. The average Bonchev–Trinajstić information content (AvgIpc) is 2.80. The molecule has 1 aromatic heterocycles. The predicted octanol–water partition coefficient (Wildman–Crippen LogP) is 0.732. The Bertz CT molecular complexity index is 515. The second-order valence-electron chi connectivity index (χ2n) is 5.08. The first-order chi connectivity index (χ1) is 9.77. The summed E-state index contributed by atoms with van der Waals surface area (Å²) in [6, 6.07) is 0. The van der Waals surface area contributed by atoms with Crippen molar-refractivity contribution >= 4 is 34.1 Å². The molecule has 118 valence electrons. The van der Waals surface area contributed by atoms with Gasteiger partial charge in [0.25, 0.3) is 5.91 Å². The molecule has 0 fully saturated rings. The van der Waals surface area contributed by atoms with E-state index in [4.69, 9.17) is 5.73 Å². The predicted molar refractivity (Wildman–Crippen MR) is 85.7 cm³/mol. The van der Waals surface area contributed by atoms with Gasteiger partial charge >= 0.3 is 0 Å². The minimum absolute atomic E-state index is 0.0172. The first-order valence-electron chi connectivity index (χ1n) is 6.71. The fourth-order valence-electron chi connectivity index (χ4n) is 1.66. The molecule has 0 atom stereocenters. The van der Waals surface area contributed by atoms with Gasteiger partial charge < -0.3 is 20.4 Å². The lowest BCUT2D eigenvalue weighted by atomic mass is 10.4. The fraction of sp³-hybridized carbons (Fsp3) is 0.615. The van der Waals surface area contributed by atoms with Crippen molar-refractivity contribution in [3.8, 4) is 0 Å². The van der Waals surface area contributed by atoms with Crippen LogP contribution in [-0.4, -0.2) is 67.9 Å². The molecule has 2 N–H and O–H groups in total. The van der Waals surface area contributed by atoms with E-state index in [-0.39, 0.29) is 24.2 Å². The van der Waals surface area contributed by atoms with Crippen molar-refractivity contribution in [2.24, 2.45) is 0 Å². The average molecular weight is 313 g/mol. The number of hydrogen-bond acceptors (Lipinski definition) is 6. The van der Waals surface area contributed by atoms with Crippen LogP contribution in [-0.2, 0) is 4.79 Å². The summed E-state index contributed by atoms with van der Waals surface area (Å²) in [5.74, 6) is -0.208. The van der Waals surface area contributed by atoms with Gasteiger partial charge in [0.1, 0.15) is 10.7 Å². The SMILES string of the molecule is CCCN(C)c1nc(N)c(C(=O)N(C)CC(=O)N(C)C)s1. The lowest BCUT2D eigenvalue weighted by Crippen LogP contribution is -2.37. The van der Waals surface area contributed by atoms with E-state index in [1.54, 1.807) is 21.1 Å². The Labute approximate surface area is 129 Å². The Kier molecular flexibility index (Phi) is 5.95. The zero-order valence-electron chi connectivity index (χ0n) is 13.2. The van der Waals surface area contributed by atoms with Gasteiger partial charge in [-0.25, -0.2) is 4.98 Å². The van der Waals surface area contributed by atoms with E-state index in [9.17, 15) is 9.59 Å². The molecule has 0 aliphatic heterocycles. The zero-order valence-corrected chi connectivity index (χ0v) is 14.0. The van der Waals surface area contributed by atoms with Gasteiger partial charge in [-0.15, -0.1) is 0 Å². The van der Waals surface area contributed by atoms with Crippen LogP contribution >= 0.6 is 11.3 Å². The van der Waals surface area contributed by atoms with Crippen molar-refractivity contribution in [1.82, 2.24) is 14.8 Å². The maximum absolute atomic E-state index is 12.3. The van der Waals surface area contributed by atoms with E-state index in [0.29, 0.717) is 10.0 Å². The highest BCUT2D eigenvalue weighted by atomic mass is 32.1. The van der Waals surface area contributed by atoms with Crippen LogP contribution in [0.2, 0.25) is 0 Å². The Morgan fingerprint density at radius 2 is 1.86 bits per heavy atom. The molecule has 0 saturated heterocycles. The third-order valence-electron chi connectivity index (χ3n) is 2.94. The minimum Gasteiger partial charge on any atom is -0.382 e. The van der Waals surface area contributed by atoms with E-state index < -0.39 is 0 Å². The van der Waals surface area contributed by atoms with Crippen LogP contribution in [0.4, 0.5) is 10.9 Å². The number of amides is 2. The molecule has 2 amide bonds. The number of anilines is 2. The van der Waals surface area contributed by atoms with E-state index in [0.717, 1.165) is 13.0 Å². The van der Waals surface area contributed by atoms with Gasteiger partial charge in [-0.3, -0.25) is 9.59 Å². The smallest absolute Gasteiger partial charge is 0.268 e. The van der Waals surface area contributed by atoms with Crippen LogP contribution in [0.3, 0.4) is 0 Å². The Morgan fingerprint density at radius 1 is 1.24 bits per heavy atom. The lowest BCUT2D eigenvalue weighted by molar-refractivity contribution is -0.129. The van der Waals surface area contributed by atoms with Crippen LogP contribution in [0.25, 0.3) is 0 Å². The summed E-state index contributed by atoms with van der Waals surface area (Å²) < 4.78 is 0. The molecule has 7 nitrogen and oxygen atoms in total. The van der Waals surface area contributed by atoms with Gasteiger partial charge in [-0.2, -0.15) is 0 Å². The number of aromatic nitrogens is 1. The van der Waals surface area contributed by atoms with Crippen molar-refractivity contribution in [2.45, 2.75) is 13.3 Å². The van der Waals surface area contributed by atoms with Gasteiger partial charge in [0, 0.05) is 34.7 Å². The van der Waals surface area contributed by atoms with Gasteiger partial charge in [-0.1, -0.05) is 18.3 Å². The van der Waals surface area contributed by atoms with E-state index >= 15 is 0 Å². The van der Waals surface area contributed by atoms with Crippen molar-refractivity contribution < 1.29 is 9.59 Å². The summed E-state index contributed by atoms with van der Waals surface area (Å²) in [4.78, 5) is 33.4. The quantitative estimate of drug-likeness (QED) is 0.837.